The van der Waals surface area contributed by atoms with Gasteiger partial charge >= 0.3 is 6.03 Å². The summed E-state index contributed by atoms with van der Waals surface area (Å²) in [6, 6.07) is 5.12. The minimum atomic E-state index is -0.592. The molecule has 0 radical (unpaired) electrons. The second-order valence-corrected chi connectivity index (χ2v) is 8.14. The number of hydrogen-bond donors (Lipinski definition) is 2. The molecule has 0 spiro atoms. The minimum Gasteiger partial charge on any atom is -0.490 e. The van der Waals surface area contributed by atoms with Crippen LogP contribution in [-0.4, -0.2) is 30.6 Å². The molecular formula is C19H29N3O3. The lowest BCUT2D eigenvalue weighted by Gasteiger charge is -2.27. The Kier molecular flexibility index (Phi) is 5.30. The quantitative estimate of drug-likeness (QED) is 0.874. The summed E-state index contributed by atoms with van der Waals surface area (Å²) in [6.07, 6.45) is 0.856. The maximum Gasteiger partial charge on any atom is 0.319 e. The highest BCUT2D eigenvalue weighted by Gasteiger charge is 2.37. The first-order chi connectivity index (χ1) is 11.5. The van der Waals surface area contributed by atoms with Crippen molar-refractivity contribution in [3.8, 4) is 5.75 Å². The molecule has 0 aliphatic carbocycles. The number of urea groups is 1. The summed E-state index contributed by atoms with van der Waals surface area (Å²) in [5.74, 6) is 0.667. The number of nitrogens with one attached hydrogen (secondary N) is 2. The van der Waals surface area contributed by atoms with Crippen molar-refractivity contribution in [2.45, 2.75) is 53.5 Å². The molecule has 6 heteroatoms. The fourth-order valence-electron chi connectivity index (χ4n) is 2.67. The highest BCUT2D eigenvalue weighted by molar-refractivity contribution is 6.00. The molecule has 0 unspecified atom stereocenters. The second kappa shape index (κ2) is 6.94. The van der Waals surface area contributed by atoms with Crippen LogP contribution in [0.25, 0.3) is 0 Å². The van der Waals surface area contributed by atoms with Gasteiger partial charge < -0.3 is 20.3 Å². The zero-order chi connectivity index (χ0) is 18.8. The van der Waals surface area contributed by atoms with Crippen LogP contribution in [0.1, 0.15) is 48.0 Å². The van der Waals surface area contributed by atoms with Gasteiger partial charge in [0.15, 0.2) is 0 Å². The van der Waals surface area contributed by atoms with E-state index < -0.39 is 5.41 Å². The van der Waals surface area contributed by atoms with Gasteiger partial charge in [-0.1, -0.05) is 6.92 Å². The van der Waals surface area contributed by atoms with E-state index in [9.17, 15) is 9.59 Å². The van der Waals surface area contributed by atoms with Gasteiger partial charge in [0.05, 0.1) is 11.1 Å². The minimum absolute atomic E-state index is 0.0549. The predicted molar refractivity (Wildman–Crippen MR) is 100 cm³/mol. The molecule has 2 rings (SSSR count). The zero-order valence-electron chi connectivity index (χ0n) is 16.0. The van der Waals surface area contributed by atoms with E-state index in [2.05, 4.69) is 10.6 Å². The van der Waals surface area contributed by atoms with Crippen molar-refractivity contribution in [3.05, 3.63) is 18.2 Å². The van der Waals surface area contributed by atoms with Gasteiger partial charge in [-0.2, -0.15) is 0 Å². The monoisotopic (exact) mass is 347 g/mol. The van der Waals surface area contributed by atoms with Gasteiger partial charge in [-0.15, -0.1) is 0 Å². The van der Waals surface area contributed by atoms with Crippen molar-refractivity contribution in [2.24, 2.45) is 5.41 Å². The van der Waals surface area contributed by atoms with Crippen LogP contribution in [0.4, 0.5) is 16.2 Å². The lowest BCUT2D eigenvalue weighted by molar-refractivity contribution is -0.127. The van der Waals surface area contributed by atoms with Crippen LogP contribution in [0.3, 0.4) is 0 Å². The Hall–Kier alpha value is -2.24. The molecule has 1 aliphatic rings. The number of fused-ring (bicyclic) bond motifs is 1. The van der Waals surface area contributed by atoms with Crippen LogP contribution in [-0.2, 0) is 4.79 Å². The van der Waals surface area contributed by atoms with Gasteiger partial charge in [0.25, 0.3) is 0 Å². The molecule has 25 heavy (non-hydrogen) atoms. The summed E-state index contributed by atoms with van der Waals surface area (Å²) in [4.78, 5) is 26.6. The Labute approximate surface area is 149 Å². The summed E-state index contributed by atoms with van der Waals surface area (Å²) in [5, 5.41) is 5.67. The number of carbonyl (C=O) groups is 2. The van der Waals surface area contributed by atoms with E-state index in [1.54, 1.807) is 17.0 Å². The third kappa shape index (κ3) is 4.65. The van der Waals surface area contributed by atoms with Crippen molar-refractivity contribution in [1.29, 1.82) is 0 Å². The van der Waals surface area contributed by atoms with Crippen LogP contribution in [0.5, 0.6) is 5.75 Å². The van der Waals surface area contributed by atoms with Crippen LogP contribution in [0.2, 0.25) is 0 Å². The van der Waals surface area contributed by atoms with Crippen molar-refractivity contribution >= 4 is 23.3 Å². The van der Waals surface area contributed by atoms with Crippen molar-refractivity contribution in [1.82, 2.24) is 5.32 Å². The van der Waals surface area contributed by atoms with Gasteiger partial charge in [0.2, 0.25) is 5.91 Å². The van der Waals surface area contributed by atoms with Crippen molar-refractivity contribution in [3.63, 3.8) is 0 Å². The Morgan fingerprint density at radius 1 is 1.32 bits per heavy atom. The van der Waals surface area contributed by atoms with Crippen LogP contribution < -0.4 is 20.3 Å². The Morgan fingerprint density at radius 3 is 2.60 bits per heavy atom. The van der Waals surface area contributed by atoms with E-state index in [4.69, 9.17) is 4.74 Å². The van der Waals surface area contributed by atoms with Gasteiger partial charge in [-0.25, -0.2) is 4.79 Å². The maximum atomic E-state index is 12.8. The first-order valence-electron chi connectivity index (χ1n) is 8.71. The van der Waals surface area contributed by atoms with Crippen LogP contribution >= 0.6 is 0 Å². The van der Waals surface area contributed by atoms with Crippen LogP contribution in [0.15, 0.2) is 18.2 Å². The van der Waals surface area contributed by atoms with E-state index in [1.807, 2.05) is 47.6 Å². The first-order valence-corrected chi connectivity index (χ1v) is 8.71. The normalized spacial score (nSPS) is 16.6. The summed E-state index contributed by atoms with van der Waals surface area (Å²) in [7, 11) is 0. The predicted octanol–water partition coefficient (Wildman–Crippen LogP) is 3.77. The topological polar surface area (TPSA) is 70.7 Å². The van der Waals surface area contributed by atoms with Gasteiger partial charge in [0, 0.05) is 23.8 Å². The molecule has 0 saturated carbocycles. The van der Waals surface area contributed by atoms with Gasteiger partial charge in [-0.05, 0) is 53.2 Å². The highest BCUT2D eigenvalue weighted by Crippen LogP contribution is 2.38. The fourth-order valence-corrected chi connectivity index (χ4v) is 2.67. The largest absolute Gasteiger partial charge is 0.490 e. The molecule has 1 aliphatic heterocycles. The van der Waals surface area contributed by atoms with Gasteiger partial charge in [-0.3, -0.25) is 4.79 Å². The number of anilines is 2. The summed E-state index contributed by atoms with van der Waals surface area (Å²) >= 11 is 0. The lowest BCUT2D eigenvalue weighted by Crippen LogP contribution is -2.43. The second-order valence-electron chi connectivity index (χ2n) is 8.14. The number of ether oxygens (including phenoxy) is 1. The molecule has 0 fully saturated rings. The third-order valence-electron chi connectivity index (χ3n) is 3.86. The average molecular weight is 347 g/mol. The van der Waals surface area contributed by atoms with Gasteiger partial charge in [0.1, 0.15) is 12.4 Å². The maximum absolute atomic E-state index is 12.8. The fraction of sp³-hybridized carbons (Fsp3) is 0.579. The van der Waals surface area contributed by atoms with Crippen molar-refractivity contribution in [2.75, 3.05) is 23.4 Å². The van der Waals surface area contributed by atoms with E-state index in [1.165, 1.54) is 0 Å². The molecule has 1 aromatic carbocycles. The molecule has 6 nitrogen and oxygen atoms in total. The molecule has 1 heterocycles. The molecular weight excluding hydrogens is 318 g/mol. The molecule has 2 N–H and O–H groups in total. The van der Waals surface area contributed by atoms with E-state index in [0.29, 0.717) is 24.6 Å². The number of amides is 3. The molecule has 138 valence electrons. The van der Waals surface area contributed by atoms with E-state index in [0.717, 1.165) is 12.1 Å². The molecule has 0 saturated heterocycles. The number of benzene rings is 1. The standard InChI is InChI=1S/C19H29N3O3/c1-7-10-22-14-9-8-13(20-17(24)21-18(2,3)4)11-15(14)25-12-19(5,6)16(22)23/h8-9,11H,7,10,12H2,1-6H3,(H2,20,21,24). The lowest BCUT2D eigenvalue weighted by atomic mass is 9.93. The average Bonchev–Trinajstić information content (AvgIpc) is 2.56. The Morgan fingerprint density at radius 2 is 2.00 bits per heavy atom. The summed E-state index contributed by atoms with van der Waals surface area (Å²) in [5.41, 5.74) is 0.467. The third-order valence-corrected chi connectivity index (χ3v) is 3.86. The van der Waals surface area contributed by atoms with E-state index >= 15 is 0 Å². The number of nitrogens with zero attached hydrogens (tertiary/aromatic N) is 1. The number of carbonyl (C=O) groups excluding carboxylic acids is 2. The highest BCUT2D eigenvalue weighted by atomic mass is 16.5. The summed E-state index contributed by atoms with van der Waals surface area (Å²) in [6.45, 7) is 12.5. The zero-order valence-corrected chi connectivity index (χ0v) is 16.0. The van der Waals surface area contributed by atoms with Crippen molar-refractivity contribution < 1.29 is 14.3 Å². The Balaban J connectivity index is 2.28. The SMILES string of the molecule is CCCN1C(=O)C(C)(C)COc2cc(NC(=O)NC(C)(C)C)ccc21. The smallest absolute Gasteiger partial charge is 0.319 e. The molecule has 3 amide bonds. The first kappa shape index (κ1) is 19.1. The van der Waals surface area contributed by atoms with Crippen LogP contribution in [0, 0.1) is 5.41 Å². The Bertz CT molecular complexity index is 662. The molecule has 0 aromatic heterocycles. The molecule has 1 aromatic rings. The molecule has 0 bridgehead atoms. The van der Waals surface area contributed by atoms with E-state index in [-0.39, 0.29) is 17.5 Å². The summed E-state index contributed by atoms with van der Waals surface area (Å²) < 4.78 is 5.90. The number of hydrogen-bond acceptors (Lipinski definition) is 3. The number of rotatable bonds is 3. The molecule has 0 atom stereocenters.